The molecule has 7 fully saturated rings. The molecule has 8 rings (SSSR count). The lowest BCUT2D eigenvalue weighted by Crippen LogP contribution is -2.62. The first kappa shape index (κ1) is 37.2. The summed E-state index contributed by atoms with van der Waals surface area (Å²) in [5.41, 5.74) is -1.11. The molecule has 13 atom stereocenters. The van der Waals surface area contributed by atoms with Gasteiger partial charge in [-0.25, -0.2) is 0 Å². The Morgan fingerprint density at radius 2 is 1.88 bits per heavy atom. The van der Waals surface area contributed by atoms with Gasteiger partial charge in [-0.3, -0.25) is 9.59 Å². The minimum absolute atomic E-state index is 0.0332. The Hall–Kier alpha value is -2.12. The van der Waals surface area contributed by atoms with Crippen molar-refractivity contribution in [3.05, 3.63) is 35.5 Å². The highest BCUT2D eigenvalue weighted by Crippen LogP contribution is 2.71. The number of aliphatic hydroxyl groups excluding tert-OH is 3. The second-order valence-corrected chi connectivity index (χ2v) is 17.7. The number of hydrogen-bond acceptors (Lipinski definition) is 11. The van der Waals surface area contributed by atoms with E-state index in [1.54, 1.807) is 20.8 Å². The summed E-state index contributed by atoms with van der Waals surface area (Å²) in [6.45, 7) is 17.2. The molecule has 4 aliphatic carbocycles. The lowest BCUT2D eigenvalue weighted by Gasteiger charge is -2.61. The number of epoxide rings is 1. The predicted molar refractivity (Wildman–Crippen MR) is 185 cm³/mol. The zero-order chi connectivity index (χ0) is 36.9. The van der Waals surface area contributed by atoms with E-state index in [9.17, 15) is 24.9 Å². The van der Waals surface area contributed by atoms with E-state index in [-0.39, 0.29) is 30.3 Å². The number of unbranched alkanes of at least 4 members (excludes halogenated alkanes) is 3. The molecule has 4 saturated heterocycles. The maximum atomic E-state index is 13.2. The van der Waals surface area contributed by atoms with Crippen molar-refractivity contribution in [1.82, 2.24) is 0 Å². The molecule has 8 aliphatic rings. The second kappa shape index (κ2) is 12.7. The summed E-state index contributed by atoms with van der Waals surface area (Å²) < 4.78 is 38.5. The number of esters is 2. The fraction of sp³-hybridized carbons (Fsp3) is 0.800. The molecule has 284 valence electrons. The van der Waals surface area contributed by atoms with Crippen LogP contribution in [0.5, 0.6) is 0 Å². The first-order valence-electron chi connectivity index (χ1n) is 19.1. The summed E-state index contributed by atoms with van der Waals surface area (Å²) in [7, 11) is 0. The van der Waals surface area contributed by atoms with Crippen molar-refractivity contribution in [3.63, 3.8) is 0 Å². The summed E-state index contributed by atoms with van der Waals surface area (Å²) in [4.78, 5) is 26.0. The minimum atomic E-state index is -1.14. The van der Waals surface area contributed by atoms with E-state index < -0.39 is 76.7 Å². The molecule has 3 saturated carbocycles. The lowest BCUT2D eigenvalue weighted by molar-refractivity contribution is -0.277. The van der Waals surface area contributed by atoms with Crippen LogP contribution < -0.4 is 0 Å². The average molecular weight is 715 g/mol. The summed E-state index contributed by atoms with van der Waals surface area (Å²) in [6, 6.07) is 0. The largest absolute Gasteiger partial charge is 0.457 e. The zero-order valence-corrected chi connectivity index (χ0v) is 31.3. The van der Waals surface area contributed by atoms with Crippen molar-refractivity contribution in [2.75, 3.05) is 6.61 Å². The molecule has 51 heavy (non-hydrogen) atoms. The molecule has 0 amide bonds. The Morgan fingerprint density at radius 1 is 1.14 bits per heavy atom. The highest BCUT2D eigenvalue weighted by atomic mass is 16.8. The molecule has 3 N–H and O–H groups in total. The van der Waals surface area contributed by atoms with Crippen LogP contribution in [0, 0.1) is 28.6 Å². The topological polar surface area (TPSA) is 154 Å². The van der Waals surface area contributed by atoms with Gasteiger partial charge in [-0.1, -0.05) is 45.4 Å². The van der Waals surface area contributed by atoms with Crippen LogP contribution in [0.4, 0.5) is 0 Å². The Kier molecular flexibility index (Phi) is 9.29. The van der Waals surface area contributed by atoms with Crippen molar-refractivity contribution in [1.29, 1.82) is 0 Å². The van der Waals surface area contributed by atoms with Crippen LogP contribution in [0.1, 0.15) is 106 Å². The van der Waals surface area contributed by atoms with Gasteiger partial charge in [-0.2, -0.15) is 0 Å². The summed E-state index contributed by atoms with van der Waals surface area (Å²) in [5.74, 6) is -2.32. The van der Waals surface area contributed by atoms with E-state index >= 15 is 0 Å². The Balaban J connectivity index is 1.19. The number of fused-ring (bicyclic) bond motifs is 2. The maximum Gasteiger partial charge on any atom is 0.314 e. The van der Waals surface area contributed by atoms with Gasteiger partial charge in [0.25, 0.3) is 0 Å². The molecule has 4 heterocycles. The van der Waals surface area contributed by atoms with Crippen molar-refractivity contribution >= 4 is 11.9 Å². The van der Waals surface area contributed by atoms with Gasteiger partial charge in [-0.15, -0.1) is 0 Å². The van der Waals surface area contributed by atoms with Gasteiger partial charge < -0.3 is 43.7 Å². The number of rotatable bonds is 11. The van der Waals surface area contributed by atoms with Gasteiger partial charge in [0.15, 0.2) is 6.29 Å². The molecular formula is C40H58O11. The molecule has 0 radical (unpaired) electrons. The molecular weight excluding hydrogens is 656 g/mol. The number of hydrogen-bond donors (Lipinski definition) is 3. The molecule has 2 bridgehead atoms. The Labute approximate surface area is 301 Å². The number of allylic oxidation sites excluding steroid dienone is 1. The standard InChI is InChI=1S/C40H58O11/c1-9-10-11-12-13-14-25-26(31-40(32(49-40)30(25)43)18-29(42)37(7,8)48-31)19-46-35-39(20-38(51-35)17-21(2)33(44)50-38)24-15-27(39)22(3)28(16-24)47-34(45)36(5,6)23(4)41/h13-14,21,23-24,27-32,35,41-43H,3,9-12,15-20H2,1-2,4-8H3/b14-13+/t21-,23-,24+,27-,28-,29-,30+,31-,32-,35-,38-,39-,40+/m0/s1. The molecule has 0 aromatic rings. The molecule has 0 aromatic heterocycles. The van der Waals surface area contributed by atoms with E-state index in [0.29, 0.717) is 31.3 Å². The number of ether oxygens (including phenoxy) is 6. The van der Waals surface area contributed by atoms with Gasteiger partial charge in [0.1, 0.15) is 30.0 Å². The fourth-order valence-corrected chi connectivity index (χ4v) is 9.80. The first-order valence-corrected chi connectivity index (χ1v) is 19.1. The average Bonchev–Trinajstić information content (AvgIpc) is 3.59. The summed E-state index contributed by atoms with van der Waals surface area (Å²) in [5, 5.41) is 32.9. The van der Waals surface area contributed by atoms with Crippen LogP contribution >= 0.6 is 0 Å². The van der Waals surface area contributed by atoms with Gasteiger partial charge in [0, 0.05) is 24.7 Å². The van der Waals surface area contributed by atoms with E-state index in [4.69, 9.17) is 28.4 Å². The van der Waals surface area contributed by atoms with E-state index in [1.165, 1.54) is 0 Å². The maximum absolute atomic E-state index is 13.2. The van der Waals surface area contributed by atoms with Crippen LogP contribution in [0.3, 0.4) is 0 Å². The SMILES string of the molecule is C=C1[C@@H](OC(=O)C(C)(C)[C@H](C)O)C[C@H]2C[C@@H]1[C@]21C[C@]2(C[C@H](C)C(=O)O2)O[C@@H]1OCC1=C(/C=C/CCCCC)[C@@H](O)[C@@H]2O[C@@]23C[C@H](O)C(C)(C)O[C@@H]13. The van der Waals surface area contributed by atoms with Crippen molar-refractivity contribution < 1.29 is 53.3 Å². The van der Waals surface area contributed by atoms with Crippen LogP contribution in [0.25, 0.3) is 0 Å². The van der Waals surface area contributed by atoms with Crippen LogP contribution in [0.15, 0.2) is 35.5 Å². The number of aliphatic hydroxyl groups is 3. The van der Waals surface area contributed by atoms with E-state index in [2.05, 4.69) is 19.6 Å². The van der Waals surface area contributed by atoms with Crippen molar-refractivity contribution in [2.45, 2.75) is 166 Å². The number of carbonyl (C=O) groups excluding carboxylic acids is 2. The van der Waals surface area contributed by atoms with E-state index in [0.717, 1.165) is 43.3 Å². The quantitative estimate of drug-likeness (QED) is 0.117. The van der Waals surface area contributed by atoms with Gasteiger partial charge in [0.2, 0.25) is 5.79 Å². The highest BCUT2D eigenvalue weighted by Gasteiger charge is 2.75. The third-order valence-electron chi connectivity index (χ3n) is 13.7. The summed E-state index contributed by atoms with van der Waals surface area (Å²) in [6.07, 6.45) is 5.83. The van der Waals surface area contributed by atoms with Gasteiger partial charge in [0.05, 0.1) is 35.7 Å². The molecule has 0 aromatic carbocycles. The van der Waals surface area contributed by atoms with Crippen molar-refractivity contribution in [2.24, 2.45) is 28.6 Å². The third-order valence-corrected chi connectivity index (χ3v) is 13.7. The number of carbonyl (C=O) groups is 2. The molecule has 4 aliphatic heterocycles. The summed E-state index contributed by atoms with van der Waals surface area (Å²) >= 11 is 0. The van der Waals surface area contributed by atoms with Crippen molar-refractivity contribution in [3.8, 4) is 0 Å². The third kappa shape index (κ3) is 5.79. The zero-order valence-electron chi connectivity index (χ0n) is 31.3. The Bertz CT molecular complexity index is 1500. The molecule has 3 spiro atoms. The minimum Gasteiger partial charge on any atom is -0.457 e. The van der Waals surface area contributed by atoms with Crippen LogP contribution in [0.2, 0.25) is 0 Å². The van der Waals surface area contributed by atoms with Gasteiger partial charge in [-0.05, 0) is 88.9 Å². The Morgan fingerprint density at radius 3 is 2.53 bits per heavy atom. The van der Waals surface area contributed by atoms with Crippen LogP contribution in [-0.4, -0.2) is 93.8 Å². The fourth-order valence-electron chi connectivity index (χ4n) is 9.80. The second-order valence-electron chi connectivity index (χ2n) is 17.7. The highest BCUT2D eigenvalue weighted by molar-refractivity contribution is 5.77. The van der Waals surface area contributed by atoms with E-state index in [1.807, 2.05) is 26.8 Å². The molecule has 11 heteroatoms. The van der Waals surface area contributed by atoms with Crippen LogP contribution in [-0.2, 0) is 38.0 Å². The monoisotopic (exact) mass is 714 g/mol. The smallest absolute Gasteiger partial charge is 0.314 e. The first-order chi connectivity index (χ1) is 23.9. The normalized spacial score (nSPS) is 44.4. The predicted octanol–water partition coefficient (Wildman–Crippen LogP) is 4.80. The molecule has 0 unspecified atom stereocenters. The lowest BCUT2D eigenvalue weighted by atomic mass is 9.43. The van der Waals surface area contributed by atoms with Gasteiger partial charge >= 0.3 is 11.9 Å². The molecule has 11 nitrogen and oxygen atoms in total.